The first-order valence-corrected chi connectivity index (χ1v) is 7.22. The van der Waals surface area contributed by atoms with Crippen LogP contribution in [0.3, 0.4) is 0 Å². The Labute approximate surface area is 119 Å². The number of rotatable bonds is 3. The molecule has 4 heteroatoms. The van der Waals surface area contributed by atoms with Gasteiger partial charge in [-0.05, 0) is 64.0 Å². The van der Waals surface area contributed by atoms with E-state index in [1.807, 2.05) is 18.2 Å². The average Bonchev–Trinajstić information content (AvgIpc) is 2.34. The van der Waals surface area contributed by atoms with E-state index in [1.165, 1.54) is 25.9 Å². The lowest BCUT2D eigenvalue weighted by Gasteiger charge is -2.33. The highest BCUT2D eigenvalue weighted by Crippen LogP contribution is 2.27. The third-order valence-electron chi connectivity index (χ3n) is 3.78. The van der Waals surface area contributed by atoms with Gasteiger partial charge < -0.3 is 10.2 Å². The van der Waals surface area contributed by atoms with Gasteiger partial charge in [-0.1, -0.05) is 23.2 Å². The van der Waals surface area contributed by atoms with Crippen molar-refractivity contribution in [1.82, 2.24) is 4.90 Å². The molecule has 0 amide bonds. The van der Waals surface area contributed by atoms with Crippen LogP contribution < -0.4 is 5.32 Å². The first kappa shape index (κ1) is 14.0. The maximum Gasteiger partial charge on any atom is 0.0612 e. The minimum absolute atomic E-state index is 0.468. The molecule has 0 aromatic heterocycles. The Hall–Kier alpha value is -0.440. The standard InChI is InChI=1S/C14H20Cl2N2/c1-10(11-5-7-18(2)8-6-11)17-12-3-4-13(15)14(16)9-12/h3-4,9-11,17H,5-8H2,1-2H3. The van der Waals surface area contributed by atoms with Gasteiger partial charge in [0.05, 0.1) is 10.0 Å². The van der Waals surface area contributed by atoms with E-state index in [1.54, 1.807) is 0 Å². The van der Waals surface area contributed by atoms with Crippen LogP contribution in [-0.4, -0.2) is 31.1 Å². The maximum atomic E-state index is 6.02. The number of piperidine rings is 1. The van der Waals surface area contributed by atoms with Gasteiger partial charge in [0.15, 0.2) is 0 Å². The van der Waals surface area contributed by atoms with Crippen LogP contribution >= 0.6 is 23.2 Å². The number of nitrogens with one attached hydrogen (secondary N) is 1. The lowest BCUT2D eigenvalue weighted by Crippen LogP contribution is -2.37. The Kier molecular flexibility index (Phi) is 4.77. The Morgan fingerprint density at radius 1 is 1.22 bits per heavy atom. The molecule has 0 spiro atoms. The first-order chi connectivity index (χ1) is 8.56. The lowest BCUT2D eigenvalue weighted by atomic mass is 9.90. The molecule has 2 nitrogen and oxygen atoms in total. The molecular weight excluding hydrogens is 267 g/mol. The number of anilines is 1. The van der Waals surface area contributed by atoms with Crippen molar-refractivity contribution in [2.75, 3.05) is 25.5 Å². The predicted octanol–water partition coefficient (Wildman–Crippen LogP) is 4.14. The molecule has 0 radical (unpaired) electrons. The summed E-state index contributed by atoms with van der Waals surface area (Å²) >= 11 is 11.9. The maximum absolute atomic E-state index is 6.02. The van der Waals surface area contributed by atoms with Crippen LogP contribution in [0.15, 0.2) is 18.2 Å². The van der Waals surface area contributed by atoms with Gasteiger partial charge in [0.2, 0.25) is 0 Å². The number of hydrogen-bond donors (Lipinski definition) is 1. The van der Waals surface area contributed by atoms with Crippen molar-refractivity contribution in [2.24, 2.45) is 5.92 Å². The Balaban J connectivity index is 1.94. The van der Waals surface area contributed by atoms with E-state index in [9.17, 15) is 0 Å². The van der Waals surface area contributed by atoms with Gasteiger partial charge in [0.1, 0.15) is 0 Å². The molecule has 1 unspecified atom stereocenters. The zero-order valence-electron chi connectivity index (χ0n) is 10.9. The van der Waals surface area contributed by atoms with Crippen LogP contribution in [0.1, 0.15) is 19.8 Å². The van der Waals surface area contributed by atoms with Crippen LogP contribution in [0.2, 0.25) is 10.0 Å². The smallest absolute Gasteiger partial charge is 0.0612 e. The Morgan fingerprint density at radius 2 is 1.89 bits per heavy atom. The van der Waals surface area contributed by atoms with Gasteiger partial charge in [-0.2, -0.15) is 0 Å². The number of halogens is 2. The van der Waals surface area contributed by atoms with E-state index in [-0.39, 0.29) is 0 Å². The zero-order chi connectivity index (χ0) is 13.1. The van der Waals surface area contributed by atoms with Crippen LogP contribution in [-0.2, 0) is 0 Å². The highest BCUT2D eigenvalue weighted by atomic mass is 35.5. The summed E-state index contributed by atoms with van der Waals surface area (Å²) in [4.78, 5) is 2.39. The molecule has 1 aromatic rings. The molecule has 0 bridgehead atoms. The van der Waals surface area contributed by atoms with Crippen molar-refractivity contribution in [1.29, 1.82) is 0 Å². The molecular formula is C14H20Cl2N2. The second-order valence-electron chi connectivity index (χ2n) is 5.20. The summed E-state index contributed by atoms with van der Waals surface area (Å²) in [6.07, 6.45) is 2.51. The number of nitrogens with zero attached hydrogens (tertiary/aromatic N) is 1. The summed E-state index contributed by atoms with van der Waals surface area (Å²) in [5.41, 5.74) is 1.05. The van der Waals surface area contributed by atoms with E-state index in [4.69, 9.17) is 23.2 Å². The highest BCUT2D eigenvalue weighted by Gasteiger charge is 2.22. The van der Waals surface area contributed by atoms with Crippen molar-refractivity contribution in [3.63, 3.8) is 0 Å². The molecule has 1 heterocycles. The minimum Gasteiger partial charge on any atom is -0.382 e. The molecule has 1 aliphatic rings. The number of benzene rings is 1. The summed E-state index contributed by atoms with van der Waals surface area (Å²) in [5.74, 6) is 0.732. The van der Waals surface area contributed by atoms with Crippen LogP contribution in [0.25, 0.3) is 0 Å². The Bertz CT molecular complexity index is 401. The largest absolute Gasteiger partial charge is 0.382 e. The summed E-state index contributed by atoms with van der Waals surface area (Å²) in [5, 5.41) is 4.75. The van der Waals surface area contributed by atoms with Gasteiger partial charge in [-0.15, -0.1) is 0 Å². The molecule has 0 saturated carbocycles. The molecule has 2 rings (SSSR count). The normalized spacial score (nSPS) is 19.8. The van der Waals surface area contributed by atoms with Gasteiger partial charge in [-0.3, -0.25) is 0 Å². The summed E-state index contributed by atoms with van der Waals surface area (Å²) in [6.45, 7) is 4.63. The summed E-state index contributed by atoms with van der Waals surface area (Å²) in [6, 6.07) is 6.19. The zero-order valence-corrected chi connectivity index (χ0v) is 12.4. The second-order valence-corrected chi connectivity index (χ2v) is 6.02. The molecule has 1 saturated heterocycles. The predicted molar refractivity (Wildman–Crippen MR) is 79.8 cm³/mol. The molecule has 1 N–H and O–H groups in total. The molecule has 1 fully saturated rings. The van der Waals surface area contributed by atoms with Crippen molar-refractivity contribution >= 4 is 28.9 Å². The SMILES string of the molecule is CC(Nc1ccc(Cl)c(Cl)c1)C1CCN(C)CC1. The summed E-state index contributed by atoms with van der Waals surface area (Å²) < 4.78 is 0. The quantitative estimate of drug-likeness (QED) is 0.899. The van der Waals surface area contributed by atoms with E-state index >= 15 is 0 Å². The van der Waals surface area contributed by atoms with E-state index in [2.05, 4.69) is 24.2 Å². The monoisotopic (exact) mass is 286 g/mol. The van der Waals surface area contributed by atoms with Crippen LogP contribution in [0.5, 0.6) is 0 Å². The molecule has 1 aromatic carbocycles. The first-order valence-electron chi connectivity index (χ1n) is 6.46. The van der Waals surface area contributed by atoms with Gasteiger partial charge in [0.25, 0.3) is 0 Å². The van der Waals surface area contributed by atoms with E-state index in [0.29, 0.717) is 16.1 Å². The Morgan fingerprint density at radius 3 is 2.50 bits per heavy atom. The fraction of sp³-hybridized carbons (Fsp3) is 0.571. The van der Waals surface area contributed by atoms with Crippen molar-refractivity contribution < 1.29 is 0 Å². The fourth-order valence-corrected chi connectivity index (χ4v) is 2.79. The third kappa shape index (κ3) is 3.53. The molecule has 1 atom stereocenters. The second kappa shape index (κ2) is 6.14. The fourth-order valence-electron chi connectivity index (χ4n) is 2.50. The third-order valence-corrected chi connectivity index (χ3v) is 4.52. The van der Waals surface area contributed by atoms with Crippen molar-refractivity contribution in [3.8, 4) is 0 Å². The van der Waals surface area contributed by atoms with Gasteiger partial charge >= 0.3 is 0 Å². The van der Waals surface area contributed by atoms with E-state index < -0.39 is 0 Å². The minimum atomic E-state index is 0.468. The lowest BCUT2D eigenvalue weighted by molar-refractivity contribution is 0.208. The van der Waals surface area contributed by atoms with E-state index in [0.717, 1.165) is 11.6 Å². The van der Waals surface area contributed by atoms with Crippen molar-refractivity contribution in [3.05, 3.63) is 28.2 Å². The van der Waals surface area contributed by atoms with Crippen molar-refractivity contribution in [2.45, 2.75) is 25.8 Å². The molecule has 18 heavy (non-hydrogen) atoms. The molecule has 100 valence electrons. The topological polar surface area (TPSA) is 15.3 Å². The van der Waals surface area contributed by atoms with Crippen LogP contribution in [0.4, 0.5) is 5.69 Å². The molecule has 0 aliphatic carbocycles. The van der Waals surface area contributed by atoms with Crippen LogP contribution in [0, 0.1) is 5.92 Å². The number of hydrogen-bond acceptors (Lipinski definition) is 2. The van der Waals surface area contributed by atoms with Gasteiger partial charge in [-0.25, -0.2) is 0 Å². The summed E-state index contributed by atoms with van der Waals surface area (Å²) in [7, 11) is 2.19. The number of likely N-dealkylation sites (tertiary alicyclic amines) is 1. The molecule has 1 aliphatic heterocycles. The highest BCUT2D eigenvalue weighted by molar-refractivity contribution is 6.42. The average molecular weight is 287 g/mol. The van der Waals surface area contributed by atoms with Gasteiger partial charge in [0, 0.05) is 11.7 Å².